The number of aryl methyl sites for hydroxylation is 1. The van der Waals surface area contributed by atoms with Crippen LogP contribution in [0.3, 0.4) is 0 Å². The van der Waals surface area contributed by atoms with Crippen LogP contribution in [0.25, 0.3) is 11.0 Å². The highest BCUT2D eigenvalue weighted by molar-refractivity contribution is 5.85. The second kappa shape index (κ2) is 8.99. The smallest absolute Gasteiger partial charge is 0.336 e. The van der Waals surface area contributed by atoms with Crippen LogP contribution in [-0.4, -0.2) is 38.1 Å². The summed E-state index contributed by atoms with van der Waals surface area (Å²) in [6.45, 7) is 1.52. The molecule has 2 N–H and O–H groups in total. The van der Waals surface area contributed by atoms with Crippen LogP contribution in [0, 0.1) is 6.92 Å². The minimum atomic E-state index is -0.491. The van der Waals surface area contributed by atoms with E-state index in [2.05, 4.69) is 10.5 Å². The summed E-state index contributed by atoms with van der Waals surface area (Å²) in [5.41, 5.74) is 3.60. The number of nitrogens with zero attached hydrogens (tertiary/aromatic N) is 1. The van der Waals surface area contributed by atoms with Crippen LogP contribution in [-0.2, 0) is 4.79 Å². The lowest BCUT2D eigenvalue weighted by molar-refractivity contribution is -0.123. The second-order valence-corrected chi connectivity index (χ2v) is 6.26. The molecule has 0 bridgehead atoms. The molecule has 9 nitrogen and oxygen atoms in total. The number of fused-ring (bicyclic) bond motifs is 1. The molecule has 1 amide bonds. The van der Waals surface area contributed by atoms with E-state index >= 15 is 0 Å². The minimum absolute atomic E-state index is 0.129. The number of rotatable bonds is 7. The van der Waals surface area contributed by atoms with Gasteiger partial charge < -0.3 is 23.7 Å². The van der Waals surface area contributed by atoms with Gasteiger partial charge in [0.1, 0.15) is 11.3 Å². The predicted molar refractivity (Wildman–Crippen MR) is 110 cm³/mol. The number of ether oxygens (including phenoxy) is 3. The van der Waals surface area contributed by atoms with Crippen LogP contribution in [0.5, 0.6) is 23.0 Å². The van der Waals surface area contributed by atoms with E-state index in [0.717, 1.165) is 10.9 Å². The first-order valence-corrected chi connectivity index (χ1v) is 8.85. The summed E-state index contributed by atoms with van der Waals surface area (Å²) < 4.78 is 20.7. The van der Waals surface area contributed by atoms with Gasteiger partial charge >= 0.3 is 5.63 Å². The van der Waals surface area contributed by atoms with Crippen molar-refractivity contribution in [1.82, 2.24) is 5.43 Å². The molecule has 3 rings (SSSR count). The molecule has 156 valence electrons. The lowest BCUT2D eigenvalue weighted by Gasteiger charge is -2.09. The molecular weight excluding hydrogens is 392 g/mol. The predicted octanol–water partition coefficient (Wildman–Crippen LogP) is 2.35. The number of carbonyl (C=O) groups excluding carboxylic acids is 1. The molecular formula is C21H20N2O7. The van der Waals surface area contributed by atoms with Crippen molar-refractivity contribution in [2.24, 2.45) is 5.10 Å². The van der Waals surface area contributed by atoms with E-state index in [1.165, 1.54) is 38.6 Å². The third-order valence-electron chi connectivity index (χ3n) is 4.20. The Balaban J connectivity index is 1.61. The van der Waals surface area contributed by atoms with Gasteiger partial charge in [-0.3, -0.25) is 4.79 Å². The van der Waals surface area contributed by atoms with Gasteiger partial charge in [0.2, 0.25) is 5.75 Å². The van der Waals surface area contributed by atoms with E-state index in [4.69, 9.17) is 18.6 Å². The zero-order chi connectivity index (χ0) is 21.7. The second-order valence-electron chi connectivity index (χ2n) is 6.26. The maximum atomic E-state index is 12.0. The van der Waals surface area contributed by atoms with Crippen molar-refractivity contribution in [3.8, 4) is 23.0 Å². The number of phenolic OH excluding ortho intramolecular Hbond substituents is 1. The number of amides is 1. The zero-order valence-electron chi connectivity index (χ0n) is 16.6. The van der Waals surface area contributed by atoms with Crippen LogP contribution >= 0.6 is 0 Å². The summed E-state index contributed by atoms with van der Waals surface area (Å²) in [6.07, 6.45) is 1.37. The number of hydrogen-bond acceptors (Lipinski definition) is 8. The highest BCUT2D eigenvalue weighted by Crippen LogP contribution is 2.36. The highest BCUT2D eigenvalue weighted by Gasteiger charge is 2.10. The van der Waals surface area contributed by atoms with Crippen LogP contribution in [0.15, 0.2) is 50.7 Å². The molecule has 0 unspecified atom stereocenters. The molecule has 1 aromatic heterocycles. The number of nitrogens with one attached hydrogen (secondary N) is 1. The zero-order valence-corrected chi connectivity index (χ0v) is 16.6. The van der Waals surface area contributed by atoms with Gasteiger partial charge in [0.15, 0.2) is 18.1 Å². The van der Waals surface area contributed by atoms with Crippen LogP contribution in [0.4, 0.5) is 0 Å². The van der Waals surface area contributed by atoms with Crippen molar-refractivity contribution in [3.63, 3.8) is 0 Å². The van der Waals surface area contributed by atoms with E-state index in [-0.39, 0.29) is 23.9 Å². The lowest BCUT2D eigenvalue weighted by atomic mass is 10.1. The van der Waals surface area contributed by atoms with Gasteiger partial charge in [-0.2, -0.15) is 5.10 Å². The van der Waals surface area contributed by atoms with Gasteiger partial charge in [-0.25, -0.2) is 10.2 Å². The molecule has 30 heavy (non-hydrogen) atoms. The van der Waals surface area contributed by atoms with Crippen LogP contribution in [0.1, 0.15) is 11.1 Å². The number of methoxy groups -OCH3 is 2. The third-order valence-corrected chi connectivity index (χ3v) is 4.20. The van der Waals surface area contributed by atoms with Crippen LogP contribution < -0.4 is 25.3 Å². The van der Waals surface area contributed by atoms with Gasteiger partial charge in [0, 0.05) is 23.1 Å². The van der Waals surface area contributed by atoms with E-state index in [1.54, 1.807) is 18.2 Å². The summed E-state index contributed by atoms with van der Waals surface area (Å²) in [7, 11) is 2.82. The van der Waals surface area contributed by atoms with Gasteiger partial charge in [-0.15, -0.1) is 0 Å². The SMILES string of the molecule is COc1cc(/C=N/NC(=O)COc2ccc3c(C)cc(=O)oc3c2)cc(OC)c1O. The van der Waals surface area contributed by atoms with E-state index in [0.29, 0.717) is 16.9 Å². The van der Waals surface area contributed by atoms with Crippen molar-refractivity contribution in [2.75, 3.05) is 20.8 Å². The Labute approximate surface area is 171 Å². The molecule has 0 aliphatic rings. The Kier molecular flexibility index (Phi) is 6.21. The molecule has 0 saturated carbocycles. The lowest BCUT2D eigenvalue weighted by Crippen LogP contribution is -2.24. The first-order chi connectivity index (χ1) is 14.4. The number of phenols is 1. The molecule has 9 heteroatoms. The topological polar surface area (TPSA) is 120 Å². The molecule has 0 fully saturated rings. The molecule has 0 radical (unpaired) electrons. The fourth-order valence-corrected chi connectivity index (χ4v) is 2.74. The van der Waals surface area contributed by atoms with Gasteiger partial charge in [0.25, 0.3) is 5.91 Å². The summed E-state index contributed by atoms with van der Waals surface area (Å²) in [5, 5.41) is 14.5. The fraction of sp³-hybridized carbons (Fsp3) is 0.190. The van der Waals surface area contributed by atoms with Crippen LogP contribution in [0.2, 0.25) is 0 Å². The quantitative estimate of drug-likeness (QED) is 0.347. The largest absolute Gasteiger partial charge is 0.502 e. The van der Waals surface area contributed by atoms with Gasteiger partial charge in [0.05, 0.1) is 20.4 Å². The summed E-state index contributed by atoms with van der Waals surface area (Å²) in [6, 6.07) is 9.47. The number of hydrogen-bond donors (Lipinski definition) is 2. The molecule has 3 aromatic rings. The molecule has 0 saturated heterocycles. The maximum Gasteiger partial charge on any atom is 0.336 e. The van der Waals surface area contributed by atoms with Crippen molar-refractivity contribution < 1.29 is 28.5 Å². The Morgan fingerprint density at radius 2 is 1.87 bits per heavy atom. The number of hydrazone groups is 1. The van der Waals surface area contributed by atoms with Gasteiger partial charge in [-0.05, 0) is 36.8 Å². The summed E-state index contributed by atoms with van der Waals surface area (Å²) in [4.78, 5) is 23.5. The van der Waals surface area contributed by atoms with Gasteiger partial charge in [-0.1, -0.05) is 0 Å². The van der Waals surface area contributed by atoms with E-state index < -0.39 is 11.5 Å². The Morgan fingerprint density at radius 1 is 1.17 bits per heavy atom. The molecule has 2 aromatic carbocycles. The summed E-state index contributed by atoms with van der Waals surface area (Å²) in [5.74, 6) is 0.182. The normalized spacial score (nSPS) is 10.9. The Hall–Kier alpha value is -4.01. The van der Waals surface area contributed by atoms with Crippen molar-refractivity contribution in [1.29, 1.82) is 0 Å². The number of aromatic hydroxyl groups is 1. The standard InChI is InChI=1S/C21H20N2O7/c1-12-6-20(25)30-16-9-14(4-5-15(12)16)29-11-19(24)23-22-10-13-7-17(27-2)21(26)18(8-13)28-3/h4-10,26H,11H2,1-3H3,(H,23,24)/b22-10+. The maximum absolute atomic E-state index is 12.0. The average Bonchev–Trinajstić information content (AvgIpc) is 2.72. The average molecular weight is 412 g/mol. The van der Waals surface area contributed by atoms with Crippen molar-refractivity contribution >= 4 is 23.1 Å². The first kappa shape index (κ1) is 20.7. The molecule has 0 atom stereocenters. The van der Waals surface area contributed by atoms with Crippen molar-refractivity contribution in [3.05, 3.63) is 57.9 Å². The molecule has 0 aliphatic heterocycles. The molecule has 1 heterocycles. The van der Waals surface area contributed by atoms with E-state index in [9.17, 15) is 14.7 Å². The number of carbonyl (C=O) groups is 1. The molecule has 0 spiro atoms. The first-order valence-electron chi connectivity index (χ1n) is 8.85. The monoisotopic (exact) mass is 412 g/mol. The third kappa shape index (κ3) is 4.69. The Bertz CT molecular complexity index is 1140. The Morgan fingerprint density at radius 3 is 2.53 bits per heavy atom. The molecule has 0 aliphatic carbocycles. The van der Waals surface area contributed by atoms with E-state index in [1.807, 2.05) is 6.92 Å². The number of benzene rings is 2. The highest BCUT2D eigenvalue weighted by atomic mass is 16.5. The fourth-order valence-electron chi connectivity index (χ4n) is 2.74. The minimum Gasteiger partial charge on any atom is -0.502 e. The summed E-state index contributed by atoms with van der Waals surface area (Å²) >= 11 is 0. The van der Waals surface area contributed by atoms with Crippen molar-refractivity contribution in [2.45, 2.75) is 6.92 Å².